The molecule has 0 atom stereocenters. The van der Waals surface area contributed by atoms with Gasteiger partial charge >= 0.3 is 7.48 Å². The highest BCUT2D eigenvalue weighted by molar-refractivity contribution is 6.38. The summed E-state index contributed by atoms with van der Waals surface area (Å²) in [5.41, 5.74) is 2.03. The van der Waals surface area contributed by atoms with Crippen LogP contribution in [0.2, 0.25) is 0 Å². The van der Waals surface area contributed by atoms with Gasteiger partial charge in [-0.25, -0.2) is 4.98 Å². The molecule has 2 aromatic heterocycles. The average Bonchev–Trinajstić information content (AvgIpc) is 2.65. The molecule has 0 radical (unpaired) electrons. The maximum atomic E-state index is 5.44. The van der Waals surface area contributed by atoms with Crippen molar-refractivity contribution < 1.29 is 4.65 Å². The van der Waals surface area contributed by atoms with E-state index in [1.54, 1.807) is 6.20 Å². The fourth-order valence-electron chi connectivity index (χ4n) is 1.60. The molecule has 1 aliphatic heterocycles. The van der Waals surface area contributed by atoms with E-state index < -0.39 is 0 Å². The smallest absolute Gasteiger partial charge is 0.366 e. The molecule has 0 amide bonds. The highest BCUT2D eigenvalue weighted by Crippen LogP contribution is 2.28. The summed E-state index contributed by atoms with van der Waals surface area (Å²) >= 11 is 0. The van der Waals surface area contributed by atoms with Crippen LogP contribution < -0.4 is 4.65 Å². The topological polar surface area (TPSA) is 37.9 Å². The summed E-state index contributed by atoms with van der Waals surface area (Å²) in [5, 5.41) is 1.12. The van der Waals surface area contributed by atoms with Crippen LogP contribution in [-0.4, -0.2) is 17.5 Å². The molecule has 0 fully saturated rings. The predicted molar refractivity (Wildman–Crippen MR) is 52.9 cm³/mol. The maximum absolute atomic E-state index is 5.44. The van der Waals surface area contributed by atoms with Gasteiger partial charge in [0.1, 0.15) is 11.4 Å². The molecule has 1 N–H and O–H groups in total. The zero-order valence-electron chi connectivity index (χ0n) is 6.95. The third-order valence-electron chi connectivity index (χ3n) is 2.21. The van der Waals surface area contributed by atoms with Gasteiger partial charge in [0, 0.05) is 17.1 Å². The lowest BCUT2D eigenvalue weighted by atomic mass is 9.95. The zero-order chi connectivity index (χ0) is 8.67. The quantitative estimate of drug-likeness (QED) is 0.604. The predicted octanol–water partition coefficient (Wildman–Crippen LogP) is 1.28. The second kappa shape index (κ2) is 2.39. The van der Waals surface area contributed by atoms with Crippen LogP contribution in [-0.2, 0) is 0 Å². The molecule has 3 nitrogen and oxygen atoms in total. The van der Waals surface area contributed by atoms with Gasteiger partial charge in [0.15, 0.2) is 0 Å². The molecule has 0 bridgehead atoms. The van der Waals surface area contributed by atoms with E-state index in [2.05, 4.69) is 16.0 Å². The lowest BCUT2D eigenvalue weighted by molar-refractivity contribution is 0.597. The fraction of sp³-hybridized carbons (Fsp3) is 0. The lowest BCUT2D eigenvalue weighted by Crippen LogP contribution is -2.04. The second-order valence-corrected chi connectivity index (χ2v) is 2.99. The molecule has 13 heavy (non-hydrogen) atoms. The minimum Gasteiger partial charge on any atom is -0.558 e. The SMILES string of the molecule is B1C=Cc2c(cnc3[nH]ccc23)O1. The Morgan fingerprint density at radius 1 is 1.46 bits per heavy atom. The molecular weight excluding hydrogens is 163 g/mol. The van der Waals surface area contributed by atoms with Crippen molar-refractivity contribution in [2.24, 2.45) is 0 Å². The Morgan fingerprint density at radius 3 is 3.46 bits per heavy atom. The molecule has 0 aromatic carbocycles. The number of nitrogens with zero attached hydrogens (tertiary/aromatic N) is 1. The van der Waals surface area contributed by atoms with Crippen molar-refractivity contribution in [3.8, 4) is 5.75 Å². The molecule has 0 saturated heterocycles. The van der Waals surface area contributed by atoms with E-state index in [0.29, 0.717) is 7.48 Å². The number of hydrogen-bond donors (Lipinski definition) is 1. The number of fused-ring (bicyclic) bond motifs is 3. The Morgan fingerprint density at radius 2 is 2.46 bits per heavy atom. The van der Waals surface area contributed by atoms with Gasteiger partial charge in [-0.3, -0.25) is 0 Å². The third kappa shape index (κ3) is 0.885. The molecule has 62 valence electrons. The van der Waals surface area contributed by atoms with Gasteiger partial charge < -0.3 is 9.64 Å². The Kier molecular flexibility index (Phi) is 1.24. The van der Waals surface area contributed by atoms with Crippen LogP contribution in [0.15, 0.2) is 24.4 Å². The van der Waals surface area contributed by atoms with E-state index in [4.69, 9.17) is 4.65 Å². The minimum atomic E-state index is 0.643. The summed E-state index contributed by atoms with van der Waals surface area (Å²) in [6, 6.07) is 2.01. The monoisotopic (exact) mass is 170 g/mol. The zero-order valence-corrected chi connectivity index (χ0v) is 6.95. The highest BCUT2D eigenvalue weighted by atomic mass is 16.4. The first-order valence-electron chi connectivity index (χ1n) is 4.20. The van der Waals surface area contributed by atoms with Gasteiger partial charge in [-0.15, -0.1) is 0 Å². The number of aromatic amines is 1. The van der Waals surface area contributed by atoms with Crippen LogP contribution >= 0.6 is 0 Å². The van der Waals surface area contributed by atoms with Crippen LogP contribution in [0, 0.1) is 0 Å². The molecule has 4 heteroatoms. The molecule has 0 saturated carbocycles. The van der Waals surface area contributed by atoms with E-state index in [1.807, 2.05) is 18.2 Å². The van der Waals surface area contributed by atoms with E-state index in [9.17, 15) is 0 Å². The number of hydrogen-bond acceptors (Lipinski definition) is 2. The second-order valence-electron chi connectivity index (χ2n) is 2.99. The third-order valence-corrected chi connectivity index (χ3v) is 2.21. The van der Waals surface area contributed by atoms with Crippen molar-refractivity contribution in [3.63, 3.8) is 0 Å². The summed E-state index contributed by atoms with van der Waals surface area (Å²) in [7, 11) is 0.643. The molecule has 1 aliphatic rings. The molecule has 0 aliphatic carbocycles. The Hall–Kier alpha value is -1.71. The van der Waals surface area contributed by atoms with Gasteiger partial charge in [-0.2, -0.15) is 0 Å². The number of H-pyrrole nitrogens is 1. The lowest BCUT2D eigenvalue weighted by Gasteiger charge is -2.11. The molecule has 3 heterocycles. The number of nitrogens with one attached hydrogen (secondary N) is 1. The van der Waals surface area contributed by atoms with Gasteiger partial charge in [-0.1, -0.05) is 12.1 Å². The van der Waals surface area contributed by atoms with Crippen LogP contribution in [0.3, 0.4) is 0 Å². The van der Waals surface area contributed by atoms with Crippen molar-refractivity contribution in [2.75, 3.05) is 0 Å². The number of aromatic nitrogens is 2. The first-order chi connectivity index (χ1) is 6.45. The molecule has 2 aromatic rings. The summed E-state index contributed by atoms with van der Waals surface area (Å²) in [6.45, 7) is 0. The van der Waals surface area contributed by atoms with Crippen molar-refractivity contribution in [1.29, 1.82) is 0 Å². The molecule has 0 spiro atoms. The average molecular weight is 170 g/mol. The van der Waals surface area contributed by atoms with Crippen molar-refractivity contribution in [1.82, 2.24) is 9.97 Å². The van der Waals surface area contributed by atoms with Crippen LogP contribution in [0.25, 0.3) is 17.1 Å². The summed E-state index contributed by atoms with van der Waals surface area (Å²) in [6.07, 6.45) is 5.73. The summed E-state index contributed by atoms with van der Waals surface area (Å²) in [5.74, 6) is 2.88. The van der Waals surface area contributed by atoms with E-state index in [-0.39, 0.29) is 0 Å². The highest BCUT2D eigenvalue weighted by Gasteiger charge is 2.10. The largest absolute Gasteiger partial charge is 0.558 e. The normalized spacial score (nSPS) is 13.5. The number of pyridine rings is 1. The minimum absolute atomic E-state index is 0.643. The summed E-state index contributed by atoms with van der Waals surface area (Å²) < 4.78 is 5.44. The maximum Gasteiger partial charge on any atom is 0.366 e. The first-order valence-corrected chi connectivity index (χ1v) is 4.20. The van der Waals surface area contributed by atoms with E-state index in [1.165, 1.54) is 0 Å². The van der Waals surface area contributed by atoms with Crippen molar-refractivity contribution in [2.45, 2.75) is 0 Å². The van der Waals surface area contributed by atoms with Gasteiger partial charge in [0.05, 0.1) is 6.20 Å². The van der Waals surface area contributed by atoms with Gasteiger partial charge in [0.2, 0.25) is 0 Å². The summed E-state index contributed by atoms with van der Waals surface area (Å²) in [4.78, 5) is 7.31. The van der Waals surface area contributed by atoms with Gasteiger partial charge in [0.25, 0.3) is 0 Å². The Balaban J connectivity index is 2.43. The van der Waals surface area contributed by atoms with E-state index in [0.717, 1.165) is 22.3 Å². The Bertz CT molecular complexity index is 489. The van der Waals surface area contributed by atoms with Crippen LogP contribution in [0.1, 0.15) is 5.56 Å². The standard InChI is InChI=1S/C9H7BN2O/c1-3-10-13-8-5-12-9-7(6(1)8)2-4-11-9/h1-5,10H,(H,11,12). The molecule has 3 rings (SSSR count). The fourth-order valence-corrected chi connectivity index (χ4v) is 1.60. The van der Waals surface area contributed by atoms with Crippen molar-refractivity contribution in [3.05, 3.63) is 30.0 Å². The van der Waals surface area contributed by atoms with Crippen molar-refractivity contribution >= 4 is 24.6 Å². The Labute approximate surface area is 75.7 Å². The van der Waals surface area contributed by atoms with Crippen LogP contribution in [0.4, 0.5) is 0 Å². The number of rotatable bonds is 0. The molecule has 0 unspecified atom stereocenters. The first kappa shape index (κ1) is 6.77. The molecular formula is C9H7BN2O. The van der Waals surface area contributed by atoms with E-state index >= 15 is 0 Å². The van der Waals surface area contributed by atoms with Gasteiger partial charge in [-0.05, 0) is 6.07 Å². The van der Waals surface area contributed by atoms with Crippen LogP contribution in [0.5, 0.6) is 5.75 Å².